The third kappa shape index (κ3) is 2.36. The zero-order valence-corrected chi connectivity index (χ0v) is 10.1. The molecule has 0 bridgehead atoms. The van der Waals surface area contributed by atoms with E-state index in [0.717, 1.165) is 31.9 Å². The topological polar surface area (TPSA) is 24.5 Å². The Morgan fingerprint density at radius 1 is 1.38 bits per heavy atom. The summed E-state index contributed by atoms with van der Waals surface area (Å²) in [4.78, 5) is 2.49. The van der Waals surface area contributed by atoms with Gasteiger partial charge in [0.25, 0.3) is 0 Å². The van der Waals surface area contributed by atoms with E-state index in [1.165, 1.54) is 5.56 Å². The van der Waals surface area contributed by atoms with Gasteiger partial charge in [-0.15, -0.1) is 0 Å². The highest BCUT2D eigenvalue weighted by Crippen LogP contribution is 2.20. The zero-order valence-electron chi connectivity index (χ0n) is 10.1. The molecule has 16 heavy (non-hydrogen) atoms. The Hall–Kier alpha value is -1.06. The van der Waals surface area contributed by atoms with Crippen molar-refractivity contribution < 1.29 is 4.74 Å². The molecule has 0 amide bonds. The number of methoxy groups -OCH3 is 1. The second-order valence-electron chi connectivity index (χ2n) is 4.19. The molecule has 0 aromatic heterocycles. The molecule has 88 valence electrons. The first kappa shape index (κ1) is 11.4. The molecule has 1 N–H and O–H groups in total. The summed E-state index contributed by atoms with van der Waals surface area (Å²) >= 11 is 0. The third-order valence-electron chi connectivity index (χ3n) is 3.25. The van der Waals surface area contributed by atoms with Crippen molar-refractivity contribution in [3.63, 3.8) is 0 Å². The molecule has 1 aromatic rings. The first-order valence-corrected chi connectivity index (χ1v) is 5.91. The van der Waals surface area contributed by atoms with Gasteiger partial charge in [-0.25, -0.2) is 0 Å². The summed E-state index contributed by atoms with van der Waals surface area (Å²) in [6, 6.07) is 8.96. The van der Waals surface area contributed by atoms with Crippen LogP contribution >= 0.6 is 0 Å². The monoisotopic (exact) mass is 220 g/mol. The second-order valence-corrected chi connectivity index (χ2v) is 4.19. The lowest BCUT2D eigenvalue weighted by atomic mass is 10.1. The van der Waals surface area contributed by atoms with Crippen molar-refractivity contribution in [2.45, 2.75) is 19.5 Å². The molecular weight excluding hydrogens is 200 g/mol. The van der Waals surface area contributed by atoms with Crippen LogP contribution in [0.1, 0.15) is 12.5 Å². The molecule has 0 spiro atoms. The molecule has 0 aliphatic carbocycles. The van der Waals surface area contributed by atoms with E-state index in [-0.39, 0.29) is 0 Å². The highest BCUT2D eigenvalue weighted by atomic mass is 16.5. The van der Waals surface area contributed by atoms with E-state index in [2.05, 4.69) is 29.3 Å². The predicted octanol–water partition coefficient (Wildman–Crippen LogP) is 1.49. The smallest absolute Gasteiger partial charge is 0.123 e. The summed E-state index contributed by atoms with van der Waals surface area (Å²) in [5.74, 6) is 0.994. The molecule has 1 aliphatic rings. The zero-order chi connectivity index (χ0) is 11.4. The van der Waals surface area contributed by atoms with Crippen LogP contribution in [-0.2, 0) is 6.54 Å². The summed E-state index contributed by atoms with van der Waals surface area (Å²) in [6.07, 6.45) is 0. The summed E-state index contributed by atoms with van der Waals surface area (Å²) in [7, 11) is 1.74. The normalized spacial score (nSPS) is 16.2. The average molecular weight is 220 g/mol. The van der Waals surface area contributed by atoms with Gasteiger partial charge in [-0.05, 0) is 12.6 Å². The summed E-state index contributed by atoms with van der Waals surface area (Å²) < 4.78 is 5.38. The Kier molecular flexibility index (Phi) is 3.80. The van der Waals surface area contributed by atoms with Gasteiger partial charge in [0.15, 0.2) is 0 Å². The van der Waals surface area contributed by atoms with E-state index in [1.807, 2.05) is 12.1 Å². The quantitative estimate of drug-likeness (QED) is 0.813. The van der Waals surface area contributed by atoms with Crippen LogP contribution < -0.4 is 10.1 Å². The number of para-hydroxylation sites is 1. The maximum atomic E-state index is 5.38. The van der Waals surface area contributed by atoms with Crippen molar-refractivity contribution >= 4 is 0 Å². The van der Waals surface area contributed by atoms with E-state index in [4.69, 9.17) is 4.74 Å². The molecule has 2 rings (SSSR count). The molecule has 0 atom stereocenters. The van der Waals surface area contributed by atoms with Crippen LogP contribution in [0.2, 0.25) is 0 Å². The lowest BCUT2D eigenvalue weighted by molar-refractivity contribution is 0.144. The molecule has 0 saturated carbocycles. The molecule has 1 aliphatic heterocycles. The fourth-order valence-electron chi connectivity index (χ4n) is 2.08. The lowest BCUT2D eigenvalue weighted by Gasteiger charge is -2.37. The minimum Gasteiger partial charge on any atom is -0.496 e. The number of hydrogen-bond donors (Lipinski definition) is 1. The number of rotatable bonds is 5. The molecule has 1 saturated heterocycles. The molecule has 3 heteroatoms. The molecule has 0 unspecified atom stereocenters. The Morgan fingerprint density at radius 2 is 2.12 bits per heavy atom. The second kappa shape index (κ2) is 5.32. The number of ether oxygens (including phenoxy) is 1. The van der Waals surface area contributed by atoms with Gasteiger partial charge >= 0.3 is 0 Å². The summed E-state index contributed by atoms with van der Waals surface area (Å²) in [5, 5.41) is 3.32. The summed E-state index contributed by atoms with van der Waals surface area (Å²) in [5.41, 5.74) is 1.28. The largest absolute Gasteiger partial charge is 0.496 e. The maximum absolute atomic E-state index is 5.38. The van der Waals surface area contributed by atoms with Crippen LogP contribution in [0.15, 0.2) is 24.3 Å². The van der Waals surface area contributed by atoms with Gasteiger partial charge in [0.1, 0.15) is 5.75 Å². The minimum atomic E-state index is 0.690. The average Bonchev–Trinajstić information content (AvgIpc) is 2.26. The Labute approximate surface area is 97.4 Å². The van der Waals surface area contributed by atoms with Gasteiger partial charge in [-0.3, -0.25) is 4.90 Å². The van der Waals surface area contributed by atoms with Crippen LogP contribution in [-0.4, -0.2) is 37.7 Å². The van der Waals surface area contributed by atoms with Crippen LogP contribution in [0.4, 0.5) is 0 Å². The minimum absolute atomic E-state index is 0.690. The Morgan fingerprint density at radius 3 is 2.69 bits per heavy atom. The van der Waals surface area contributed by atoms with E-state index < -0.39 is 0 Å². The molecule has 0 radical (unpaired) electrons. The van der Waals surface area contributed by atoms with Gasteiger partial charge in [0.05, 0.1) is 7.11 Å². The van der Waals surface area contributed by atoms with Crippen molar-refractivity contribution in [3.8, 4) is 5.75 Å². The van der Waals surface area contributed by atoms with Crippen LogP contribution in [0.25, 0.3) is 0 Å². The highest BCUT2D eigenvalue weighted by molar-refractivity contribution is 5.33. The fraction of sp³-hybridized carbons (Fsp3) is 0.538. The Bertz CT molecular complexity index is 336. The number of nitrogens with one attached hydrogen (secondary N) is 1. The van der Waals surface area contributed by atoms with E-state index in [9.17, 15) is 0 Å². The van der Waals surface area contributed by atoms with Gasteiger partial charge in [-0.2, -0.15) is 0 Å². The van der Waals surface area contributed by atoms with Crippen LogP contribution in [0.5, 0.6) is 5.75 Å². The maximum Gasteiger partial charge on any atom is 0.123 e. The number of hydrogen-bond acceptors (Lipinski definition) is 3. The van der Waals surface area contributed by atoms with E-state index in [1.54, 1.807) is 7.11 Å². The fourth-order valence-corrected chi connectivity index (χ4v) is 2.08. The Balaban J connectivity index is 2.05. The highest BCUT2D eigenvalue weighted by Gasteiger charge is 2.23. The van der Waals surface area contributed by atoms with Gasteiger partial charge in [0.2, 0.25) is 0 Å². The molecule has 1 heterocycles. The van der Waals surface area contributed by atoms with Crippen molar-refractivity contribution in [2.24, 2.45) is 0 Å². The van der Waals surface area contributed by atoms with Crippen molar-refractivity contribution in [3.05, 3.63) is 29.8 Å². The van der Waals surface area contributed by atoms with Crippen molar-refractivity contribution in [2.75, 3.05) is 26.7 Å². The van der Waals surface area contributed by atoms with Gasteiger partial charge in [0, 0.05) is 31.2 Å². The number of nitrogens with zero attached hydrogens (tertiary/aromatic N) is 1. The van der Waals surface area contributed by atoms with Gasteiger partial charge < -0.3 is 10.1 Å². The van der Waals surface area contributed by atoms with Crippen LogP contribution in [0, 0.1) is 0 Å². The van der Waals surface area contributed by atoms with Crippen LogP contribution in [0.3, 0.4) is 0 Å². The summed E-state index contributed by atoms with van der Waals surface area (Å²) in [6.45, 7) is 6.51. The molecule has 1 fully saturated rings. The predicted molar refractivity (Wildman–Crippen MR) is 65.7 cm³/mol. The standard InChI is InChI=1S/C13H20N2O/c1-3-15(12-8-14-9-12)10-11-6-4-5-7-13(11)16-2/h4-7,12,14H,3,8-10H2,1-2H3. The molecular formula is C13H20N2O. The van der Waals surface area contributed by atoms with Crippen molar-refractivity contribution in [1.29, 1.82) is 0 Å². The lowest BCUT2D eigenvalue weighted by Crippen LogP contribution is -2.56. The molecule has 1 aromatic carbocycles. The van der Waals surface area contributed by atoms with E-state index >= 15 is 0 Å². The van der Waals surface area contributed by atoms with E-state index in [0.29, 0.717) is 6.04 Å². The first-order chi connectivity index (χ1) is 7.85. The molecule has 3 nitrogen and oxygen atoms in total. The number of benzene rings is 1. The van der Waals surface area contributed by atoms with Gasteiger partial charge in [-0.1, -0.05) is 25.1 Å². The first-order valence-electron chi connectivity index (χ1n) is 5.91. The van der Waals surface area contributed by atoms with Crippen molar-refractivity contribution in [1.82, 2.24) is 10.2 Å². The number of likely N-dealkylation sites (N-methyl/N-ethyl adjacent to an activating group) is 1. The third-order valence-corrected chi connectivity index (χ3v) is 3.25. The SMILES string of the molecule is CCN(Cc1ccccc1OC)C1CNC1.